The van der Waals surface area contributed by atoms with Crippen molar-refractivity contribution in [2.75, 3.05) is 0 Å². The van der Waals surface area contributed by atoms with E-state index in [2.05, 4.69) is 25.7 Å². The van der Waals surface area contributed by atoms with Gasteiger partial charge in [0, 0.05) is 5.41 Å². The number of hydrogen-bond donors (Lipinski definition) is 2. The van der Waals surface area contributed by atoms with Gasteiger partial charge in [0.25, 0.3) is 0 Å². The van der Waals surface area contributed by atoms with Crippen molar-refractivity contribution < 1.29 is 27.3 Å². The minimum Gasteiger partial charge on any atom is -0.393 e. The Morgan fingerprint density at radius 1 is 0.794 bits per heavy atom. The Morgan fingerprint density at radius 3 is 2.12 bits per heavy atom. The molecule has 0 aromatic rings. The van der Waals surface area contributed by atoms with Gasteiger partial charge in [-0.3, -0.25) is 0 Å². The first-order chi connectivity index (χ1) is 15.9. The van der Waals surface area contributed by atoms with E-state index in [1.165, 1.54) is 25.7 Å². The molecule has 8 atom stereocenters. The molecule has 34 heavy (non-hydrogen) atoms. The molecule has 2 nitrogen and oxygen atoms in total. The molecule has 0 heterocycles. The largest absolute Gasteiger partial charge is 2.00 e. The van der Waals surface area contributed by atoms with Crippen molar-refractivity contribution in [3.63, 3.8) is 0 Å². The molecule has 0 unspecified atom stereocenters. The molecule has 3 heteroatoms. The minimum absolute atomic E-state index is 0. The zero-order valence-electron chi connectivity index (χ0n) is 20.7. The van der Waals surface area contributed by atoms with Crippen molar-refractivity contribution in [3.8, 4) is 11.8 Å². The van der Waals surface area contributed by atoms with Gasteiger partial charge in [-0.1, -0.05) is 25.7 Å². The molecule has 0 aromatic carbocycles. The van der Waals surface area contributed by atoms with Gasteiger partial charge in [-0.25, -0.2) is 0 Å². The maximum Gasteiger partial charge on any atom is 2.00 e. The summed E-state index contributed by atoms with van der Waals surface area (Å²) in [6.07, 6.45) is 28.0. The molecule has 6 fully saturated rings. The van der Waals surface area contributed by atoms with Crippen molar-refractivity contribution >= 4 is 0 Å². The second-order valence-electron chi connectivity index (χ2n) is 11.8. The summed E-state index contributed by atoms with van der Waals surface area (Å²) in [5, 5.41) is 21.9. The fourth-order valence-electron chi connectivity index (χ4n) is 8.41. The van der Waals surface area contributed by atoms with Crippen molar-refractivity contribution in [3.05, 3.63) is 63.7 Å². The van der Waals surface area contributed by atoms with E-state index in [0.29, 0.717) is 17.3 Å². The Kier molecular flexibility index (Phi) is 8.57. The average molecular weight is 501 g/mol. The average Bonchev–Trinajstić information content (AvgIpc) is 3.57. The summed E-state index contributed by atoms with van der Waals surface area (Å²) >= 11 is 0. The Hall–Kier alpha value is -0.000519. The zero-order chi connectivity index (χ0) is 23.1. The van der Waals surface area contributed by atoms with E-state index in [1.807, 2.05) is 57.8 Å². The molecule has 6 aliphatic carbocycles. The van der Waals surface area contributed by atoms with Gasteiger partial charge in [-0.15, -0.1) is 0 Å². The maximum atomic E-state index is 11.7. The van der Waals surface area contributed by atoms with E-state index in [9.17, 15) is 10.2 Å². The third kappa shape index (κ3) is 4.80. The fourth-order valence-corrected chi connectivity index (χ4v) is 8.41. The first kappa shape index (κ1) is 27.0. The smallest absolute Gasteiger partial charge is 0.393 e. The van der Waals surface area contributed by atoms with Crippen LogP contribution in [0.3, 0.4) is 0 Å². The summed E-state index contributed by atoms with van der Waals surface area (Å²) in [5.74, 6) is 10.4. The molecule has 2 N–H and O–H groups in total. The fraction of sp³-hybridized carbons (Fsp3) is 0.613. The van der Waals surface area contributed by atoms with Crippen molar-refractivity contribution in [2.24, 2.45) is 34.5 Å². The van der Waals surface area contributed by atoms with E-state index >= 15 is 0 Å². The predicted octanol–water partition coefficient (Wildman–Crippen LogP) is 5.55. The van der Waals surface area contributed by atoms with Crippen LogP contribution in [0.2, 0.25) is 0 Å². The first-order valence-corrected chi connectivity index (χ1v) is 13.2. The second kappa shape index (κ2) is 10.8. The quantitative estimate of drug-likeness (QED) is 0.338. The third-order valence-corrected chi connectivity index (χ3v) is 10.4. The van der Waals surface area contributed by atoms with Gasteiger partial charge in [-0.05, 0) is 145 Å². The van der Waals surface area contributed by atoms with Gasteiger partial charge in [0.2, 0.25) is 0 Å². The van der Waals surface area contributed by atoms with Crippen LogP contribution in [-0.4, -0.2) is 21.9 Å². The molecular formula is C31H40FeO2+2. The Morgan fingerprint density at radius 2 is 1.44 bits per heavy atom. The van der Waals surface area contributed by atoms with Crippen LogP contribution in [0.1, 0.15) is 71.6 Å². The van der Waals surface area contributed by atoms with Gasteiger partial charge in [-0.2, -0.15) is 0 Å². The van der Waals surface area contributed by atoms with Crippen LogP contribution in [0, 0.1) is 110 Å². The molecule has 6 aliphatic rings. The van der Waals surface area contributed by atoms with Crippen LogP contribution >= 0.6 is 0 Å². The molecule has 0 aliphatic heterocycles. The van der Waals surface area contributed by atoms with Gasteiger partial charge < -0.3 is 10.2 Å². The zero-order valence-corrected chi connectivity index (χ0v) is 21.8. The summed E-state index contributed by atoms with van der Waals surface area (Å²) in [6.45, 7) is 4.86. The predicted molar refractivity (Wildman–Crippen MR) is 132 cm³/mol. The minimum atomic E-state index is -0.847. The molecular weight excluding hydrogens is 460 g/mol. The van der Waals surface area contributed by atoms with Crippen molar-refractivity contribution in [1.82, 2.24) is 0 Å². The molecule has 0 aromatic heterocycles. The van der Waals surface area contributed by atoms with Gasteiger partial charge in [0.05, 0.1) is 12.0 Å². The molecule has 0 spiro atoms. The summed E-state index contributed by atoms with van der Waals surface area (Å²) < 4.78 is 0. The molecule has 182 valence electrons. The van der Waals surface area contributed by atoms with Gasteiger partial charge >= 0.3 is 17.1 Å². The van der Waals surface area contributed by atoms with E-state index in [-0.39, 0.29) is 28.6 Å². The monoisotopic (exact) mass is 500 g/mol. The van der Waals surface area contributed by atoms with E-state index in [0.717, 1.165) is 49.9 Å². The van der Waals surface area contributed by atoms with Crippen LogP contribution in [0.15, 0.2) is 0 Å². The Bertz CT molecular complexity index is 739. The van der Waals surface area contributed by atoms with Gasteiger partial charge in [0.1, 0.15) is 5.60 Å². The second-order valence-corrected chi connectivity index (χ2v) is 11.8. The molecule has 6 rings (SSSR count). The number of aliphatic hydroxyl groups excluding tert-OH is 1. The standard InChI is InChI=1S/C26H35O2.C5H5.Fe/c1-24-13-10-20(27)17-19(24)7-8-21-22(24)11-14-25(2)23(21)12-16-26(25,28)15-9-18-5-3-4-6-18;1-2-4-5-3-1;/h3-6,19-23,27-28H,7-8,10-14,16-17H2,1-2H3;1-5H;/q;;+2/t19-,20-,21+,22-,23-,24-,25-,26-;;/m0../s1. The number of fused-ring (bicyclic) bond motifs is 5. The van der Waals surface area contributed by atoms with Crippen LogP contribution in [0.4, 0.5) is 0 Å². The molecule has 10 radical (unpaired) electrons. The van der Waals surface area contributed by atoms with Crippen molar-refractivity contribution in [2.45, 2.75) is 83.3 Å². The molecule has 0 bridgehead atoms. The molecule has 0 saturated heterocycles. The van der Waals surface area contributed by atoms with E-state index < -0.39 is 5.60 Å². The summed E-state index contributed by atoms with van der Waals surface area (Å²) in [7, 11) is 0. The first-order valence-electron chi connectivity index (χ1n) is 13.2. The molecule has 6 saturated carbocycles. The van der Waals surface area contributed by atoms with E-state index in [1.54, 1.807) is 0 Å². The molecule has 0 amide bonds. The maximum absolute atomic E-state index is 11.7. The summed E-state index contributed by atoms with van der Waals surface area (Å²) in [5.41, 5.74) is -0.531. The normalized spacial score (nSPS) is 47.7. The van der Waals surface area contributed by atoms with Crippen molar-refractivity contribution in [1.29, 1.82) is 0 Å². The third-order valence-electron chi connectivity index (χ3n) is 10.4. The number of rotatable bonds is 0. The topological polar surface area (TPSA) is 40.5 Å². The summed E-state index contributed by atoms with van der Waals surface area (Å²) in [4.78, 5) is 0. The van der Waals surface area contributed by atoms with E-state index in [4.69, 9.17) is 0 Å². The Labute approximate surface area is 220 Å². The number of hydrogen-bond acceptors (Lipinski definition) is 2. The van der Waals surface area contributed by atoms with Crippen LogP contribution in [-0.2, 0) is 17.1 Å². The van der Waals surface area contributed by atoms with Gasteiger partial charge in [0.15, 0.2) is 0 Å². The van der Waals surface area contributed by atoms with Crippen LogP contribution in [0.5, 0.6) is 0 Å². The number of aliphatic hydroxyl groups is 2. The van der Waals surface area contributed by atoms with Crippen LogP contribution in [0.25, 0.3) is 0 Å². The summed E-state index contributed by atoms with van der Waals surface area (Å²) in [6, 6.07) is 0. The SMILES string of the molecule is C[C@]12CC[C@H](O)C[C@@H]1CC[C@@H]1[C@@H]2CC[C@@]2(C)[C@H]1CC[C@@]2(O)C#C[C]1[CH][CH][CH][CH]1.[CH]1[CH][CH][CH][CH]1.[Fe+2]. The Balaban J connectivity index is 0.000000407. The van der Waals surface area contributed by atoms with Crippen LogP contribution < -0.4 is 0 Å².